The van der Waals surface area contributed by atoms with Gasteiger partial charge >= 0.3 is 0 Å². The van der Waals surface area contributed by atoms with Crippen molar-refractivity contribution in [2.45, 2.75) is 107 Å². The van der Waals surface area contributed by atoms with Crippen LogP contribution in [0.15, 0.2) is 66.7 Å². The lowest BCUT2D eigenvalue weighted by Crippen LogP contribution is -2.52. The normalized spacial score (nSPS) is 20.6. The van der Waals surface area contributed by atoms with Crippen LogP contribution in [0.25, 0.3) is 0 Å². The molecule has 2 aliphatic carbocycles. The van der Waals surface area contributed by atoms with E-state index in [0.29, 0.717) is 101 Å². The third-order valence-corrected chi connectivity index (χ3v) is 13.6. The zero-order chi connectivity index (χ0) is 48.9. The van der Waals surface area contributed by atoms with Crippen LogP contribution in [0.3, 0.4) is 0 Å². The third kappa shape index (κ3) is 15.5. The number of rotatable bonds is 20. The molecule has 0 bridgehead atoms. The standard InChI is InChI=1S/C22H24ClFN2O.C22H30N4O7.C7H13NO/c23-16-7-5-9-18(13-16)26-21(27)20-19(15-6-4-8-17(24)12-15)14-25-22(20)10-2-1-3-11-22;27-15-23-6-8-31-10-12-33-13-11-32-9-7-24-18-3-1-2-16-17(18)14-26(22(16)30)19-4-5-20(28)25-21(19)29;9-6-8-7-4-2-1-3-5-7/h4-9,12-13,19-20,25H,1-3,10-11,14H2,(H,26,27);1-3,15,19,24H,4-14H2,(H,23,27)(H,25,28,29);6-7H,1-5H2,(H,8,9). The molecule has 16 nitrogen and oxygen atoms in total. The summed E-state index contributed by atoms with van der Waals surface area (Å²) in [5, 5.41) is 18.2. The summed E-state index contributed by atoms with van der Waals surface area (Å²) in [6.07, 6.45) is 13.7. The number of ether oxygens (including phenoxy) is 3. The minimum atomic E-state index is -0.628. The van der Waals surface area contributed by atoms with E-state index in [1.807, 2.05) is 24.3 Å². The van der Waals surface area contributed by atoms with Crippen molar-refractivity contribution in [2.24, 2.45) is 5.92 Å². The highest BCUT2D eigenvalue weighted by Crippen LogP contribution is 2.46. The van der Waals surface area contributed by atoms with Crippen LogP contribution in [0.4, 0.5) is 15.8 Å². The highest BCUT2D eigenvalue weighted by Gasteiger charge is 2.52. The third-order valence-electron chi connectivity index (χ3n) is 13.3. The fraction of sp³-hybridized carbons (Fsp3) is 0.529. The van der Waals surface area contributed by atoms with E-state index in [1.54, 1.807) is 36.4 Å². The van der Waals surface area contributed by atoms with Gasteiger partial charge < -0.3 is 45.7 Å². The molecule has 3 aromatic rings. The van der Waals surface area contributed by atoms with Crippen LogP contribution in [0.5, 0.6) is 0 Å². The molecule has 5 aliphatic rings. The predicted octanol–water partition coefficient (Wildman–Crippen LogP) is 5.84. The lowest BCUT2D eigenvalue weighted by atomic mass is 9.69. The van der Waals surface area contributed by atoms with E-state index < -0.39 is 11.9 Å². The lowest BCUT2D eigenvalue weighted by Gasteiger charge is -2.39. The Bertz CT molecular complexity index is 2170. The van der Waals surface area contributed by atoms with Gasteiger partial charge in [0.2, 0.25) is 30.5 Å². The number of fused-ring (bicyclic) bond motifs is 1. The Balaban J connectivity index is 0.000000194. The summed E-state index contributed by atoms with van der Waals surface area (Å²) in [7, 11) is 0. The molecule has 3 aliphatic heterocycles. The molecule has 3 atom stereocenters. The van der Waals surface area contributed by atoms with E-state index in [0.717, 1.165) is 48.9 Å². The quantitative estimate of drug-likeness (QED) is 0.0451. The first-order valence-electron chi connectivity index (χ1n) is 24.3. The number of carbonyl (C=O) groups excluding carboxylic acids is 6. The highest BCUT2D eigenvalue weighted by molar-refractivity contribution is 6.30. The number of hydrogen-bond acceptors (Lipinski definition) is 11. The lowest BCUT2D eigenvalue weighted by molar-refractivity contribution is -0.137. The monoisotopic (exact) mass is 975 g/mol. The Morgan fingerprint density at radius 1 is 0.812 bits per heavy atom. The van der Waals surface area contributed by atoms with Crippen molar-refractivity contribution in [3.63, 3.8) is 0 Å². The predicted molar refractivity (Wildman–Crippen MR) is 260 cm³/mol. The molecule has 6 N–H and O–H groups in total. The minimum absolute atomic E-state index is 0.0153. The van der Waals surface area contributed by atoms with Crippen molar-refractivity contribution < 1.29 is 47.4 Å². The van der Waals surface area contributed by atoms with Crippen molar-refractivity contribution in [3.05, 3.63) is 94.3 Å². The average Bonchev–Trinajstić information content (AvgIpc) is 3.88. The van der Waals surface area contributed by atoms with Gasteiger partial charge in [-0.15, -0.1) is 0 Å². The largest absolute Gasteiger partial charge is 0.382 e. The first kappa shape index (κ1) is 52.9. The van der Waals surface area contributed by atoms with Gasteiger partial charge in [-0.05, 0) is 80.1 Å². The van der Waals surface area contributed by atoms with Gasteiger partial charge in [0.25, 0.3) is 5.91 Å². The van der Waals surface area contributed by atoms with E-state index in [1.165, 1.54) is 49.5 Å². The Morgan fingerprint density at radius 3 is 2.20 bits per heavy atom. The fourth-order valence-electron chi connectivity index (χ4n) is 9.97. The van der Waals surface area contributed by atoms with Crippen LogP contribution in [-0.2, 0) is 44.7 Å². The molecule has 3 aromatic carbocycles. The number of benzene rings is 3. The maximum absolute atomic E-state index is 13.8. The molecule has 0 radical (unpaired) electrons. The Kier molecular flexibility index (Phi) is 21.2. The molecule has 1 spiro atoms. The number of nitrogens with zero attached hydrogens (tertiary/aromatic N) is 1. The van der Waals surface area contributed by atoms with Crippen LogP contribution in [-0.4, -0.2) is 118 Å². The van der Waals surface area contributed by atoms with Crippen LogP contribution in [0.1, 0.15) is 104 Å². The molecule has 3 heterocycles. The molecule has 0 aromatic heterocycles. The molecule has 3 unspecified atom stereocenters. The van der Waals surface area contributed by atoms with Crippen LogP contribution in [0.2, 0.25) is 5.02 Å². The molecule has 2 saturated heterocycles. The zero-order valence-corrected chi connectivity index (χ0v) is 40.0. The van der Waals surface area contributed by atoms with Gasteiger partial charge in [-0.3, -0.25) is 34.1 Å². The van der Waals surface area contributed by atoms with E-state index in [9.17, 15) is 33.2 Å². The Morgan fingerprint density at radius 2 is 1.51 bits per heavy atom. The Hall–Kier alpha value is -5.46. The number of piperidine rings is 1. The molecule has 18 heteroatoms. The second-order valence-electron chi connectivity index (χ2n) is 17.9. The van der Waals surface area contributed by atoms with Gasteiger partial charge in [0.1, 0.15) is 11.9 Å². The summed E-state index contributed by atoms with van der Waals surface area (Å²) in [5.41, 5.74) is 3.62. The second-order valence-corrected chi connectivity index (χ2v) is 18.4. The summed E-state index contributed by atoms with van der Waals surface area (Å²) in [6, 6.07) is 19.2. The molecular formula is C51H67ClFN7O9. The molecule has 6 amide bonds. The molecular weight excluding hydrogens is 909 g/mol. The van der Waals surface area contributed by atoms with Gasteiger partial charge in [0, 0.05) is 77.6 Å². The SMILES string of the molecule is O=C(Nc1cccc(Cl)c1)C1C(c2cccc(F)c2)CNC12CCCCC2.O=CNC1CCCCC1.O=CNCCOCCOCCOCCNc1cccc2c1CN(C1CCC(=O)NC1=O)C2=O. The number of nitrogens with one attached hydrogen (secondary N) is 6. The maximum Gasteiger partial charge on any atom is 0.255 e. The number of halogens is 2. The number of anilines is 2. The number of hydrogen-bond donors (Lipinski definition) is 6. The van der Waals surface area contributed by atoms with E-state index in [4.69, 9.17) is 25.8 Å². The summed E-state index contributed by atoms with van der Waals surface area (Å²) in [6.45, 7) is 4.77. The number of carbonyl (C=O) groups is 6. The first-order chi connectivity index (χ1) is 33.6. The first-order valence-corrected chi connectivity index (χ1v) is 24.7. The smallest absolute Gasteiger partial charge is 0.255 e. The molecule has 8 rings (SSSR count). The van der Waals surface area contributed by atoms with Gasteiger partial charge in [-0.1, -0.05) is 74.4 Å². The van der Waals surface area contributed by atoms with Crippen LogP contribution >= 0.6 is 11.6 Å². The van der Waals surface area contributed by atoms with Gasteiger partial charge in [0.15, 0.2) is 0 Å². The zero-order valence-electron chi connectivity index (χ0n) is 39.2. The van der Waals surface area contributed by atoms with Crippen molar-refractivity contribution in [2.75, 3.05) is 69.9 Å². The average molecular weight is 977 g/mol. The molecule has 4 fully saturated rings. The van der Waals surface area contributed by atoms with Crippen molar-refractivity contribution in [1.82, 2.24) is 26.2 Å². The van der Waals surface area contributed by atoms with Gasteiger partial charge in [-0.25, -0.2) is 4.39 Å². The molecule has 2 saturated carbocycles. The van der Waals surface area contributed by atoms with Crippen molar-refractivity contribution in [1.29, 1.82) is 0 Å². The summed E-state index contributed by atoms with van der Waals surface area (Å²) < 4.78 is 30.1. The van der Waals surface area contributed by atoms with E-state index >= 15 is 0 Å². The van der Waals surface area contributed by atoms with E-state index in [-0.39, 0.29) is 47.3 Å². The highest BCUT2D eigenvalue weighted by atomic mass is 35.5. The van der Waals surface area contributed by atoms with Gasteiger partial charge in [0.05, 0.1) is 45.6 Å². The fourth-order valence-corrected chi connectivity index (χ4v) is 10.2. The number of imide groups is 1. The maximum atomic E-state index is 13.8. The topological polar surface area (TPSA) is 206 Å². The minimum Gasteiger partial charge on any atom is -0.382 e. The second kappa shape index (κ2) is 27.7. The van der Waals surface area contributed by atoms with Crippen molar-refractivity contribution in [3.8, 4) is 0 Å². The van der Waals surface area contributed by atoms with Crippen LogP contribution < -0.4 is 31.9 Å². The summed E-state index contributed by atoms with van der Waals surface area (Å²) in [5.74, 6) is -1.47. The van der Waals surface area contributed by atoms with Crippen molar-refractivity contribution >= 4 is 59.4 Å². The molecule has 374 valence electrons. The number of amides is 6. The molecule has 69 heavy (non-hydrogen) atoms. The van der Waals surface area contributed by atoms with Crippen LogP contribution in [0, 0.1) is 11.7 Å². The summed E-state index contributed by atoms with van der Waals surface area (Å²) >= 11 is 6.07. The Labute approximate surface area is 408 Å². The van der Waals surface area contributed by atoms with E-state index in [2.05, 4.69) is 31.9 Å². The van der Waals surface area contributed by atoms with Gasteiger partial charge in [-0.2, -0.15) is 0 Å². The summed E-state index contributed by atoms with van der Waals surface area (Å²) in [4.78, 5) is 71.4.